The van der Waals surface area contributed by atoms with Gasteiger partial charge in [-0.1, -0.05) is 20.8 Å². The standard InChI is InChI=1S/C11H20N4O/c1-11(2,3)9(12)10(16)15(4)7-8-5-13-14-6-8/h5-6,9H,7,12H2,1-4H3,(H,13,14). The van der Waals surface area contributed by atoms with E-state index in [1.54, 1.807) is 24.3 Å². The van der Waals surface area contributed by atoms with Crippen molar-refractivity contribution >= 4 is 5.91 Å². The SMILES string of the molecule is CN(Cc1cn[nH]c1)C(=O)C(N)C(C)(C)C. The van der Waals surface area contributed by atoms with Crippen molar-refractivity contribution in [2.45, 2.75) is 33.4 Å². The second-order valence-corrected chi connectivity index (χ2v) is 5.14. The third-order valence-electron chi connectivity index (χ3n) is 2.55. The van der Waals surface area contributed by atoms with Crippen LogP contribution in [0, 0.1) is 5.41 Å². The number of carbonyl (C=O) groups excluding carboxylic acids is 1. The van der Waals surface area contributed by atoms with E-state index in [2.05, 4.69) is 10.2 Å². The lowest BCUT2D eigenvalue weighted by molar-refractivity contribution is -0.134. The number of likely N-dealkylation sites (N-methyl/N-ethyl adjacent to an activating group) is 1. The van der Waals surface area contributed by atoms with Crippen LogP contribution in [0.3, 0.4) is 0 Å². The van der Waals surface area contributed by atoms with E-state index in [1.807, 2.05) is 20.8 Å². The van der Waals surface area contributed by atoms with Crippen LogP contribution in [0.25, 0.3) is 0 Å². The summed E-state index contributed by atoms with van der Waals surface area (Å²) < 4.78 is 0. The molecule has 3 N–H and O–H groups in total. The first kappa shape index (κ1) is 12.7. The molecule has 0 spiro atoms. The van der Waals surface area contributed by atoms with Crippen LogP contribution in [0.5, 0.6) is 0 Å². The van der Waals surface area contributed by atoms with Crippen LogP contribution in [0.1, 0.15) is 26.3 Å². The lowest BCUT2D eigenvalue weighted by atomic mass is 9.86. The molecule has 16 heavy (non-hydrogen) atoms. The van der Waals surface area contributed by atoms with Gasteiger partial charge in [-0.25, -0.2) is 0 Å². The van der Waals surface area contributed by atoms with Crippen molar-refractivity contribution in [1.82, 2.24) is 15.1 Å². The molecule has 1 rings (SSSR count). The minimum atomic E-state index is -0.482. The van der Waals surface area contributed by atoms with E-state index in [0.29, 0.717) is 6.54 Å². The van der Waals surface area contributed by atoms with Crippen molar-refractivity contribution < 1.29 is 4.79 Å². The maximum atomic E-state index is 12.0. The molecule has 0 aliphatic rings. The first-order chi connectivity index (χ1) is 7.32. The summed E-state index contributed by atoms with van der Waals surface area (Å²) in [6.07, 6.45) is 3.47. The Bertz CT molecular complexity index is 339. The molecule has 1 amide bonds. The Morgan fingerprint density at radius 1 is 1.62 bits per heavy atom. The van der Waals surface area contributed by atoms with E-state index in [4.69, 9.17) is 5.73 Å². The Balaban J connectivity index is 2.61. The third kappa shape index (κ3) is 3.06. The maximum Gasteiger partial charge on any atom is 0.240 e. The van der Waals surface area contributed by atoms with Gasteiger partial charge in [-0.2, -0.15) is 5.10 Å². The van der Waals surface area contributed by atoms with E-state index in [1.165, 1.54) is 0 Å². The minimum Gasteiger partial charge on any atom is -0.340 e. The third-order valence-corrected chi connectivity index (χ3v) is 2.55. The first-order valence-electron chi connectivity index (χ1n) is 5.30. The van der Waals surface area contributed by atoms with Crippen molar-refractivity contribution in [3.8, 4) is 0 Å². The van der Waals surface area contributed by atoms with Crippen LogP contribution in [0.15, 0.2) is 12.4 Å². The summed E-state index contributed by atoms with van der Waals surface area (Å²) >= 11 is 0. The summed E-state index contributed by atoms with van der Waals surface area (Å²) in [5.74, 6) is -0.0475. The zero-order valence-electron chi connectivity index (χ0n) is 10.3. The maximum absolute atomic E-state index is 12.0. The molecule has 5 heteroatoms. The Hall–Kier alpha value is -1.36. The number of rotatable bonds is 3. The highest BCUT2D eigenvalue weighted by Crippen LogP contribution is 2.19. The van der Waals surface area contributed by atoms with Crippen LogP contribution in [-0.2, 0) is 11.3 Å². The molecule has 1 aromatic heterocycles. The van der Waals surface area contributed by atoms with Crippen LogP contribution in [0.4, 0.5) is 0 Å². The van der Waals surface area contributed by atoms with Gasteiger partial charge in [0.05, 0.1) is 12.2 Å². The second-order valence-electron chi connectivity index (χ2n) is 5.14. The number of amides is 1. The number of nitrogens with zero attached hydrogens (tertiary/aromatic N) is 2. The molecule has 0 fully saturated rings. The van der Waals surface area contributed by atoms with Gasteiger partial charge >= 0.3 is 0 Å². The van der Waals surface area contributed by atoms with Crippen molar-refractivity contribution in [3.05, 3.63) is 18.0 Å². The van der Waals surface area contributed by atoms with Gasteiger partial charge in [-0.3, -0.25) is 9.89 Å². The molecule has 0 bridgehead atoms. The highest BCUT2D eigenvalue weighted by molar-refractivity contribution is 5.82. The van der Waals surface area contributed by atoms with Crippen molar-refractivity contribution in [2.24, 2.45) is 11.1 Å². The van der Waals surface area contributed by atoms with Crippen LogP contribution >= 0.6 is 0 Å². The minimum absolute atomic E-state index is 0.0475. The molecule has 1 unspecified atom stereocenters. The predicted molar refractivity (Wildman–Crippen MR) is 62.5 cm³/mol. The quantitative estimate of drug-likeness (QED) is 0.795. The molecule has 1 aromatic rings. The Morgan fingerprint density at radius 3 is 2.69 bits per heavy atom. The summed E-state index contributed by atoms with van der Waals surface area (Å²) in [5.41, 5.74) is 6.66. The largest absolute Gasteiger partial charge is 0.340 e. The fraction of sp³-hybridized carbons (Fsp3) is 0.636. The Labute approximate surface area is 96.0 Å². The van der Waals surface area contributed by atoms with Crippen LogP contribution < -0.4 is 5.73 Å². The van der Waals surface area contributed by atoms with Crippen molar-refractivity contribution in [2.75, 3.05) is 7.05 Å². The molecule has 5 nitrogen and oxygen atoms in total. The lowest BCUT2D eigenvalue weighted by Crippen LogP contribution is -2.48. The molecular formula is C11H20N4O. The summed E-state index contributed by atoms with van der Waals surface area (Å²) in [6.45, 7) is 6.41. The average molecular weight is 224 g/mol. The molecular weight excluding hydrogens is 204 g/mol. The van der Waals surface area contributed by atoms with Crippen molar-refractivity contribution in [1.29, 1.82) is 0 Å². The van der Waals surface area contributed by atoms with E-state index >= 15 is 0 Å². The molecule has 1 atom stereocenters. The number of nitrogens with one attached hydrogen (secondary N) is 1. The molecule has 1 heterocycles. The van der Waals surface area contributed by atoms with Crippen molar-refractivity contribution in [3.63, 3.8) is 0 Å². The van der Waals surface area contributed by atoms with E-state index in [9.17, 15) is 4.79 Å². The summed E-state index contributed by atoms with van der Waals surface area (Å²) in [4.78, 5) is 13.6. The zero-order chi connectivity index (χ0) is 12.3. The molecule has 90 valence electrons. The number of aromatic amines is 1. The predicted octanol–water partition coefficient (Wildman–Crippen LogP) is 0.741. The Kier molecular flexibility index (Phi) is 3.70. The molecule has 0 saturated carbocycles. The number of aromatic nitrogens is 2. The smallest absolute Gasteiger partial charge is 0.240 e. The fourth-order valence-electron chi connectivity index (χ4n) is 1.32. The van der Waals surface area contributed by atoms with Gasteiger partial charge in [0.25, 0.3) is 0 Å². The fourth-order valence-corrected chi connectivity index (χ4v) is 1.32. The number of hydrogen-bond acceptors (Lipinski definition) is 3. The summed E-state index contributed by atoms with van der Waals surface area (Å²) in [5, 5.41) is 6.55. The van der Waals surface area contributed by atoms with Gasteiger partial charge in [-0.15, -0.1) is 0 Å². The normalized spacial score (nSPS) is 13.6. The second kappa shape index (κ2) is 4.65. The van der Waals surface area contributed by atoms with E-state index in [0.717, 1.165) is 5.56 Å². The van der Waals surface area contributed by atoms with Crippen LogP contribution in [0.2, 0.25) is 0 Å². The lowest BCUT2D eigenvalue weighted by Gasteiger charge is -2.29. The van der Waals surface area contributed by atoms with Gasteiger partial charge in [-0.05, 0) is 5.41 Å². The highest BCUT2D eigenvalue weighted by Gasteiger charge is 2.29. The van der Waals surface area contributed by atoms with Gasteiger partial charge in [0.15, 0.2) is 0 Å². The summed E-state index contributed by atoms with van der Waals surface area (Å²) in [6, 6.07) is -0.482. The van der Waals surface area contributed by atoms with E-state index < -0.39 is 6.04 Å². The molecule has 0 saturated heterocycles. The average Bonchev–Trinajstić information content (AvgIpc) is 2.66. The highest BCUT2D eigenvalue weighted by atomic mass is 16.2. The molecule has 0 aliphatic carbocycles. The van der Waals surface area contributed by atoms with Gasteiger partial charge in [0.1, 0.15) is 0 Å². The van der Waals surface area contributed by atoms with E-state index in [-0.39, 0.29) is 11.3 Å². The molecule has 0 radical (unpaired) electrons. The first-order valence-corrected chi connectivity index (χ1v) is 5.30. The number of hydrogen-bond donors (Lipinski definition) is 2. The topological polar surface area (TPSA) is 75.0 Å². The van der Waals surface area contributed by atoms with Gasteiger partial charge < -0.3 is 10.6 Å². The van der Waals surface area contributed by atoms with Crippen LogP contribution in [-0.4, -0.2) is 34.1 Å². The zero-order valence-corrected chi connectivity index (χ0v) is 10.3. The number of carbonyl (C=O) groups is 1. The number of nitrogens with two attached hydrogens (primary N) is 1. The van der Waals surface area contributed by atoms with Gasteiger partial charge in [0.2, 0.25) is 5.91 Å². The summed E-state index contributed by atoms with van der Waals surface area (Å²) in [7, 11) is 1.75. The monoisotopic (exact) mass is 224 g/mol. The number of H-pyrrole nitrogens is 1. The molecule has 0 aliphatic heterocycles. The molecule has 0 aromatic carbocycles. The Morgan fingerprint density at radius 2 is 2.25 bits per heavy atom. The van der Waals surface area contributed by atoms with Gasteiger partial charge in [0, 0.05) is 25.4 Å².